The molecule has 0 radical (unpaired) electrons. The minimum absolute atomic E-state index is 0.00201. The second-order valence-electron chi connectivity index (χ2n) is 8.06. The van der Waals surface area contributed by atoms with Gasteiger partial charge in [-0.15, -0.1) is 0 Å². The van der Waals surface area contributed by atoms with Crippen LogP contribution in [-0.4, -0.2) is 101 Å². The maximum absolute atomic E-state index is 12.6. The molecule has 0 atom stereocenters. The third kappa shape index (κ3) is 9.19. The van der Waals surface area contributed by atoms with E-state index < -0.39 is 11.9 Å². The van der Waals surface area contributed by atoms with Crippen LogP contribution in [0, 0.1) is 5.92 Å². The Labute approximate surface area is 193 Å². The van der Waals surface area contributed by atoms with E-state index >= 15 is 0 Å². The molecule has 1 aromatic rings. The molecule has 182 valence electrons. The van der Waals surface area contributed by atoms with Crippen molar-refractivity contribution in [2.75, 3.05) is 52.4 Å². The van der Waals surface area contributed by atoms with Gasteiger partial charge in [0.1, 0.15) is 0 Å². The highest BCUT2D eigenvalue weighted by Gasteiger charge is 2.28. The summed E-state index contributed by atoms with van der Waals surface area (Å²) in [5.74, 6) is -3.52. The van der Waals surface area contributed by atoms with Gasteiger partial charge in [-0.1, -0.05) is 30.3 Å². The van der Waals surface area contributed by atoms with Crippen LogP contribution in [0.1, 0.15) is 25.3 Å². The van der Waals surface area contributed by atoms with Gasteiger partial charge < -0.3 is 19.8 Å². The summed E-state index contributed by atoms with van der Waals surface area (Å²) in [7, 11) is 0. The molecule has 2 heterocycles. The first-order chi connectivity index (χ1) is 15.8. The van der Waals surface area contributed by atoms with E-state index in [-0.39, 0.29) is 17.8 Å². The molecule has 1 amide bonds. The quantitative estimate of drug-likeness (QED) is 0.464. The Kier molecular flexibility index (Phi) is 10.8. The van der Waals surface area contributed by atoms with Gasteiger partial charge in [-0.3, -0.25) is 19.4 Å². The van der Waals surface area contributed by atoms with Gasteiger partial charge in [0.25, 0.3) is 0 Å². The van der Waals surface area contributed by atoms with Gasteiger partial charge in [0.05, 0.1) is 19.1 Å². The zero-order valence-corrected chi connectivity index (χ0v) is 19.0. The zero-order valence-electron chi connectivity index (χ0n) is 19.0. The summed E-state index contributed by atoms with van der Waals surface area (Å²) in [6.45, 7) is 8.72. The number of aliphatic carboxylic acids is 2. The zero-order chi connectivity index (χ0) is 24.2. The van der Waals surface area contributed by atoms with Crippen LogP contribution >= 0.6 is 0 Å². The maximum atomic E-state index is 12.6. The second-order valence-corrected chi connectivity index (χ2v) is 8.06. The van der Waals surface area contributed by atoms with Gasteiger partial charge in [-0.2, -0.15) is 0 Å². The summed E-state index contributed by atoms with van der Waals surface area (Å²) < 4.78 is 5.11. The molecule has 0 saturated carbocycles. The van der Waals surface area contributed by atoms with Crippen molar-refractivity contribution in [3.8, 4) is 0 Å². The van der Waals surface area contributed by atoms with Crippen molar-refractivity contribution < 1.29 is 34.1 Å². The van der Waals surface area contributed by atoms with Crippen LogP contribution in [0.15, 0.2) is 30.3 Å². The van der Waals surface area contributed by atoms with Crippen molar-refractivity contribution in [2.45, 2.75) is 26.3 Å². The summed E-state index contributed by atoms with van der Waals surface area (Å²) in [6.07, 6.45) is 1.58. The van der Waals surface area contributed by atoms with Crippen molar-refractivity contribution in [3.63, 3.8) is 0 Å². The number of esters is 1. The van der Waals surface area contributed by atoms with E-state index in [0.717, 1.165) is 58.7 Å². The van der Waals surface area contributed by atoms with Crippen molar-refractivity contribution in [1.29, 1.82) is 0 Å². The highest BCUT2D eigenvalue weighted by atomic mass is 16.5. The fourth-order valence-electron chi connectivity index (χ4n) is 3.88. The van der Waals surface area contributed by atoms with E-state index in [1.54, 1.807) is 0 Å². The average molecular weight is 464 g/mol. The molecule has 0 aromatic heterocycles. The molecule has 10 heteroatoms. The Morgan fingerprint density at radius 1 is 0.879 bits per heavy atom. The second kappa shape index (κ2) is 13.5. The number of likely N-dealkylation sites (tertiary alicyclic amines) is 1. The topological polar surface area (TPSA) is 128 Å². The van der Waals surface area contributed by atoms with Gasteiger partial charge in [-0.25, -0.2) is 9.59 Å². The van der Waals surface area contributed by atoms with Crippen molar-refractivity contribution in [3.05, 3.63) is 35.9 Å². The number of hydrogen-bond donors (Lipinski definition) is 2. The lowest BCUT2D eigenvalue weighted by atomic mass is 9.97. The van der Waals surface area contributed by atoms with Crippen LogP contribution in [0.5, 0.6) is 0 Å². The van der Waals surface area contributed by atoms with E-state index in [0.29, 0.717) is 13.2 Å². The lowest BCUT2D eigenvalue weighted by Gasteiger charge is -2.37. The Morgan fingerprint density at radius 2 is 1.45 bits per heavy atom. The number of ether oxygens (including phenoxy) is 1. The standard InChI is InChI=1S/C21H31N3O3.C2H2O4/c1-2-27-21(26)19-8-10-22(11-9-19)17-20(25)24-14-12-23(13-15-24)16-18-6-4-3-5-7-18;3-1(4)2(5)6/h3-7,19H,2,8-17H2,1H3;(H,3,4)(H,5,6). The summed E-state index contributed by atoms with van der Waals surface area (Å²) in [5, 5.41) is 14.8. The van der Waals surface area contributed by atoms with Gasteiger partial charge in [0.15, 0.2) is 0 Å². The molecule has 10 nitrogen and oxygen atoms in total. The van der Waals surface area contributed by atoms with Crippen LogP contribution < -0.4 is 0 Å². The third-order valence-corrected chi connectivity index (χ3v) is 5.72. The number of carbonyl (C=O) groups is 4. The number of rotatable bonds is 6. The number of carbonyl (C=O) groups excluding carboxylic acids is 2. The van der Waals surface area contributed by atoms with E-state index in [9.17, 15) is 9.59 Å². The summed E-state index contributed by atoms with van der Waals surface area (Å²) in [4.78, 5) is 49.2. The molecule has 2 aliphatic rings. The number of carboxylic acid groups (broad SMARTS) is 2. The molecule has 3 rings (SSSR count). The normalized spacial score (nSPS) is 17.5. The van der Waals surface area contributed by atoms with Gasteiger partial charge >= 0.3 is 17.9 Å². The SMILES string of the molecule is CCOC(=O)C1CCN(CC(=O)N2CCN(Cc3ccccc3)CC2)CC1.O=C(O)C(=O)O. The average Bonchev–Trinajstić information content (AvgIpc) is 2.81. The fourth-order valence-corrected chi connectivity index (χ4v) is 3.88. The lowest BCUT2D eigenvalue weighted by Crippen LogP contribution is -2.51. The van der Waals surface area contributed by atoms with E-state index in [4.69, 9.17) is 24.5 Å². The van der Waals surface area contributed by atoms with Crippen LogP contribution in [0.25, 0.3) is 0 Å². The molecule has 2 aliphatic heterocycles. The lowest BCUT2D eigenvalue weighted by molar-refractivity contribution is -0.159. The first-order valence-corrected chi connectivity index (χ1v) is 11.2. The fraction of sp³-hybridized carbons (Fsp3) is 0.565. The van der Waals surface area contributed by atoms with Crippen LogP contribution in [0.4, 0.5) is 0 Å². The molecule has 0 spiro atoms. The number of piperazine rings is 1. The summed E-state index contributed by atoms with van der Waals surface area (Å²) in [6, 6.07) is 10.5. The molecule has 33 heavy (non-hydrogen) atoms. The minimum Gasteiger partial charge on any atom is -0.473 e. The van der Waals surface area contributed by atoms with Crippen LogP contribution in [0.3, 0.4) is 0 Å². The van der Waals surface area contributed by atoms with Gasteiger partial charge in [0.2, 0.25) is 5.91 Å². The van der Waals surface area contributed by atoms with Crippen molar-refractivity contribution in [1.82, 2.24) is 14.7 Å². The predicted molar refractivity (Wildman–Crippen MR) is 119 cm³/mol. The molecule has 0 unspecified atom stereocenters. The van der Waals surface area contributed by atoms with E-state index in [1.165, 1.54) is 5.56 Å². The first kappa shape index (κ1) is 26.3. The molecule has 0 aliphatic carbocycles. The highest BCUT2D eigenvalue weighted by Crippen LogP contribution is 2.19. The number of piperidine rings is 1. The maximum Gasteiger partial charge on any atom is 0.414 e. The highest BCUT2D eigenvalue weighted by molar-refractivity contribution is 6.27. The van der Waals surface area contributed by atoms with Gasteiger partial charge in [0, 0.05) is 32.7 Å². The molecule has 1 aromatic carbocycles. The van der Waals surface area contributed by atoms with Crippen molar-refractivity contribution >= 4 is 23.8 Å². The Morgan fingerprint density at radius 3 is 1.97 bits per heavy atom. The monoisotopic (exact) mass is 463 g/mol. The minimum atomic E-state index is -1.82. The predicted octanol–water partition coefficient (Wildman–Crippen LogP) is 0.762. The Hall–Kier alpha value is -2.98. The van der Waals surface area contributed by atoms with Crippen LogP contribution in [-0.2, 0) is 30.5 Å². The molecule has 0 bridgehead atoms. The largest absolute Gasteiger partial charge is 0.473 e. The first-order valence-electron chi connectivity index (χ1n) is 11.2. The molecular formula is C23H33N3O7. The number of nitrogens with zero attached hydrogens (tertiary/aromatic N) is 3. The molecule has 2 N–H and O–H groups in total. The molecule has 2 fully saturated rings. The summed E-state index contributed by atoms with van der Waals surface area (Å²) >= 11 is 0. The van der Waals surface area contributed by atoms with Gasteiger partial charge in [-0.05, 0) is 38.4 Å². The molecular weight excluding hydrogens is 430 g/mol. The van der Waals surface area contributed by atoms with E-state index in [1.807, 2.05) is 17.9 Å². The number of carboxylic acids is 2. The summed E-state index contributed by atoms with van der Waals surface area (Å²) in [5.41, 5.74) is 1.32. The Bertz CT molecular complexity index is 775. The van der Waals surface area contributed by atoms with Crippen LogP contribution in [0.2, 0.25) is 0 Å². The third-order valence-electron chi connectivity index (χ3n) is 5.72. The smallest absolute Gasteiger partial charge is 0.414 e. The number of benzene rings is 1. The van der Waals surface area contributed by atoms with E-state index in [2.05, 4.69) is 34.1 Å². The Balaban J connectivity index is 0.000000569. The molecule has 2 saturated heterocycles. The number of hydrogen-bond acceptors (Lipinski definition) is 7. The van der Waals surface area contributed by atoms with Crippen molar-refractivity contribution in [2.24, 2.45) is 5.92 Å². The number of amides is 1.